The number of nitro benzene ring substituents is 1. The molecular weight excluding hydrogens is 396 g/mol. The number of ether oxygens (including phenoxy) is 1. The SMILES string of the molecule is CSc1nnc(C(F)F)n1N=Cc1ccc(COc2ccc([N+](=O)[O-])cc2)o1. The van der Waals surface area contributed by atoms with E-state index in [4.69, 9.17) is 9.15 Å². The van der Waals surface area contributed by atoms with E-state index in [0.717, 1.165) is 16.4 Å². The lowest BCUT2D eigenvalue weighted by Crippen LogP contribution is -2.00. The predicted octanol–water partition coefficient (Wildman–Crippen LogP) is 3.90. The van der Waals surface area contributed by atoms with Gasteiger partial charge in [-0.1, -0.05) is 11.8 Å². The number of rotatable bonds is 8. The summed E-state index contributed by atoms with van der Waals surface area (Å²) < 4.78 is 37.9. The second-order valence-electron chi connectivity index (χ2n) is 5.25. The Hall–Kier alpha value is -3.28. The van der Waals surface area contributed by atoms with Crippen molar-refractivity contribution in [2.45, 2.75) is 18.2 Å². The van der Waals surface area contributed by atoms with Gasteiger partial charge in [-0.3, -0.25) is 10.1 Å². The third-order valence-corrected chi connectivity index (χ3v) is 4.05. The van der Waals surface area contributed by atoms with Gasteiger partial charge in [0.25, 0.3) is 12.1 Å². The zero-order valence-electron chi connectivity index (χ0n) is 14.4. The molecule has 0 aliphatic carbocycles. The molecule has 0 spiro atoms. The van der Waals surface area contributed by atoms with Crippen molar-refractivity contribution in [2.75, 3.05) is 6.26 Å². The molecule has 0 fully saturated rings. The highest BCUT2D eigenvalue weighted by atomic mass is 32.2. The van der Waals surface area contributed by atoms with E-state index < -0.39 is 17.2 Å². The lowest BCUT2D eigenvalue weighted by Gasteiger charge is -2.03. The minimum atomic E-state index is -2.81. The Morgan fingerprint density at radius 3 is 2.71 bits per heavy atom. The van der Waals surface area contributed by atoms with E-state index in [0.29, 0.717) is 17.3 Å². The van der Waals surface area contributed by atoms with Gasteiger partial charge >= 0.3 is 0 Å². The highest BCUT2D eigenvalue weighted by molar-refractivity contribution is 7.98. The van der Waals surface area contributed by atoms with Crippen molar-refractivity contribution in [3.63, 3.8) is 0 Å². The first-order valence-electron chi connectivity index (χ1n) is 7.75. The van der Waals surface area contributed by atoms with Crippen LogP contribution >= 0.6 is 11.8 Å². The normalized spacial score (nSPS) is 11.4. The van der Waals surface area contributed by atoms with Gasteiger partial charge < -0.3 is 9.15 Å². The number of nitrogens with zero attached hydrogens (tertiary/aromatic N) is 5. The van der Waals surface area contributed by atoms with Crippen LogP contribution in [-0.4, -0.2) is 32.3 Å². The minimum Gasteiger partial charge on any atom is -0.486 e. The Balaban J connectivity index is 1.65. The zero-order chi connectivity index (χ0) is 20.1. The molecule has 0 saturated carbocycles. The largest absolute Gasteiger partial charge is 0.486 e. The van der Waals surface area contributed by atoms with Crippen molar-refractivity contribution in [1.82, 2.24) is 14.9 Å². The fourth-order valence-electron chi connectivity index (χ4n) is 2.12. The number of nitro groups is 1. The van der Waals surface area contributed by atoms with Gasteiger partial charge in [-0.05, 0) is 30.5 Å². The summed E-state index contributed by atoms with van der Waals surface area (Å²) >= 11 is 1.13. The maximum Gasteiger partial charge on any atom is 0.299 e. The Labute approximate surface area is 161 Å². The summed E-state index contributed by atoms with van der Waals surface area (Å²) in [6.45, 7) is 0.0800. The molecule has 0 bridgehead atoms. The van der Waals surface area contributed by atoms with E-state index in [1.807, 2.05) is 0 Å². The fourth-order valence-corrected chi connectivity index (χ4v) is 2.56. The van der Waals surface area contributed by atoms with Crippen molar-refractivity contribution < 1.29 is 22.9 Å². The molecule has 28 heavy (non-hydrogen) atoms. The van der Waals surface area contributed by atoms with Gasteiger partial charge in [0.05, 0.1) is 11.1 Å². The van der Waals surface area contributed by atoms with Crippen LogP contribution < -0.4 is 4.74 Å². The smallest absolute Gasteiger partial charge is 0.299 e. The Bertz CT molecular complexity index is 987. The van der Waals surface area contributed by atoms with Crippen LogP contribution in [0.15, 0.2) is 51.1 Å². The van der Waals surface area contributed by atoms with Crippen LogP contribution in [0.1, 0.15) is 23.8 Å². The number of hydrogen-bond donors (Lipinski definition) is 0. The topological polar surface area (TPSA) is 109 Å². The average molecular weight is 409 g/mol. The second kappa shape index (κ2) is 8.61. The van der Waals surface area contributed by atoms with E-state index in [9.17, 15) is 18.9 Å². The van der Waals surface area contributed by atoms with E-state index in [1.165, 1.54) is 30.5 Å². The minimum absolute atomic E-state index is 0.0365. The predicted molar refractivity (Wildman–Crippen MR) is 95.9 cm³/mol. The van der Waals surface area contributed by atoms with Gasteiger partial charge in [0.2, 0.25) is 11.0 Å². The Morgan fingerprint density at radius 2 is 2.07 bits per heavy atom. The molecule has 0 saturated heterocycles. The number of hydrogen-bond acceptors (Lipinski definition) is 8. The van der Waals surface area contributed by atoms with Crippen molar-refractivity contribution in [3.8, 4) is 5.75 Å². The summed E-state index contributed by atoms with van der Waals surface area (Å²) in [5.41, 5.74) is -0.0365. The highest BCUT2D eigenvalue weighted by Crippen LogP contribution is 2.22. The summed E-state index contributed by atoms with van der Waals surface area (Å²) in [6.07, 6.45) is 0.128. The van der Waals surface area contributed by atoms with Crippen molar-refractivity contribution in [1.29, 1.82) is 0 Å². The van der Waals surface area contributed by atoms with Crippen LogP contribution in [-0.2, 0) is 6.61 Å². The van der Waals surface area contributed by atoms with Gasteiger partial charge in [-0.2, -0.15) is 9.78 Å². The molecule has 2 heterocycles. The molecule has 0 aliphatic rings. The van der Waals surface area contributed by atoms with Crippen LogP contribution in [0.3, 0.4) is 0 Å². The van der Waals surface area contributed by atoms with Gasteiger partial charge in [0.1, 0.15) is 23.9 Å². The number of halogens is 2. The molecule has 1 aromatic carbocycles. The molecule has 9 nitrogen and oxygen atoms in total. The maximum atomic E-state index is 13.0. The number of non-ortho nitro benzene ring substituents is 1. The van der Waals surface area contributed by atoms with Crippen LogP contribution in [0.2, 0.25) is 0 Å². The molecule has 0 aliphatic heterocycles. The molecule has 146 valence electrons. The van der Waals surface area contributed by atoms with E-state index >= 15 is 0 Å². The zero-order valence-corrected chi connectivity index (χ0v) is 15.2. The van der Waals surface area contributed by atoms with E-state index in [2.05, 4.69) is 15.3 Å². The first kappa shape index (κ1) is 19.5. The first-order chi connectivity index (χ1) is 13.5. The summed E-state index contributed by atoms with van der Waals surface area (Å²) in [7, 11) is 0. The number of thioether (sulfide) groups is 1. The Kier molecular flexibility index (Phi) is 5.99. The lowest BCUT2D eigenvalue weighted by molar-refractivity contribution is -0.384. The van der Waals surface area contributed by atoms with Crippen LogP contribution in [0.25, 0.3) is 0 Å². The number of aromatic nitrogens is 3. The molecular formula is C16H13F2N5O4S. The van der Waals surface area contributed by atoms with Crippen molar-refractivity contribution in [2.24, 2.45) is 5.10 Å². The third kappa shape index (κ3) is 4.52. The molecule has 3 rings (SSSR count). The maximum absolute atomic E-state index is 13.0. The van der Waals surface area contributed by atoms with Gasteiger partial charge in [-0.15, -0.1) is 10.2 Å². The first-order valence-corrected chi connectivity index (χ1v) is 8.98. The van der Waals surface area contributed by atoms with E-state index in [1.54, 1.807) is 18.4 Å². The summed E-state index contributed by atoms with van der Waals surface area (Å²) in [4.78, 5) is 10.1. The monoisotopic (exact) mass is 409 g/mol. The Morgan fingerprint density at radius 1 is 1.32 bits per heavy atom. The second-order valence-corrected chi connectivity index (χ2v) is 6.02. The van der Waals surface area contributed by atoms with Gasteiger partial charge in [-0.25, -0.2) is 8.78 Å². The molecule has 0 atom stereocenters. The van der Waals surface area contributed by atoms with Crippen molar-refractivity contribution in [3.05, 3.63) is 63.9 Å². The summed E-state index contributed by atoms with van der Waals surface area (Å²) in [6, 6.07) is 8.86. The lowest BCUT2D eigenvalue weighted by atomic mass is 10.3. The van der Waals surface area contributed by atoms with Crippen LogP contribution in [0.5, 0.6) is 5.75 Å². The fraction of sp³-hybridized carbons (Fsp3) is 0.188. The van der Waals surface area contributed by atoms with Crippen LogP contribution in [0, 0.1) is 10.1 Å². The van der Waals surface area contributed by atoms with E-state index in [-0.39, 0.29) is 17.5 Å². The number of alkyl halides is 2. The third-order valence-electron chi connectivity index (χ3n) is 3.43. The van der Waals surface area contributed by atoms with Gasteiger partial charge in [0, 0.05) is 12.1 Å². The molecule has 0 amide bonds. The van der Waals surface area contributed by atoms with Gasteiger partial charge in [0.15, 0.2) is 0 Å². The molecule has 0 radical (unpaired) electrons. The number of furan rings is 1. The summed E-state index contributed by atoms with van der Waals surface area (Å²) in [5.74, 6) is 0.660. The molecule has 0 unspecified atom stereocenters. The molecule has 12 heteroatoms. The standard InChI is InChI=1S/C16H13F2N5O4S/c1-28-16-21-20-15(14(17)18)22(16)19-8-12-6-7-13(27-12)9-26-11-4-2-10(3-5-11)23(24)25/h2-8,14H,9H2,1H3. The summed E-state index contributed by atoms with van der Waals surface area (Å²) in [5, 5.41) is 21.9. The van der Waals surface area contributed by atoms with Crippen molar-refractivity contribution >= 4 is 23.7 Å². The molecule has 3 aromatic rings. The molecule has 2 aromatic heterocycles. The van der Waals surface area contributed by atoms with Crippen LogP contribution in [0.4, 0.5) is 14.5 Å². The molecule has 0 N–H and O–H groups in total. The number of benzene rings is 1. The average Bonchev–Trinajstić information content (AvgIpc) is 3.31. The highest BCUT2D eigenvalue weighted by Gasteiger charge is 2.19. The quantitative estimate of drug-likeness (QED) is 0.240.